The van der Waals surface area contributed by atoms with E-state index in [9.17, 15) is 19.2 Å². The zero-order valence-corrected chi connectivity index (χ0v) is 16.2. The highest BCUT2D eigenvalue weighted by Gasteiger charge is 2.24. The van der Waals surface area contributed by atoms with Gasteiger partial charge in [0.15, 0.2) is 11.5 Å². The smallest absolute Gasteiger partial charge is 0.341 e. The Bertz CT molecular complexity index is 1090. The molecule has 0 saturated carbocycles. The molecule has 1 aromatic carbocycles. The first kappa shape index (κ1) is 20.4. The number of halogens is 2. The van der Waals surface area contributed by atoms with Gasteiger partial charge in [-0.2, -0.15) is 0 Å². The minimum Gasteiger partial charge on any atom is -0.453 e. The van der Waals surface area contributed by atoms with E-state index in [0.717, 1.165) is 0 Å². The van der Waals surface area contributed by atoms with E-state index in [4.69, 9.17) is 27.9 Å². The number of aromatic nitrogens is 1. The maximum Gasteiger partial charge on any atom is 0.341 e. The third-order valence-corrected chi connectivity index (χ3v) is 4.22. The van der Waals surface area contributed by atoms with Gasteiger partial charge in [0.25, 0.3) is 17.4 Å². The van der Waals surface area contributed by atoms with Crippen LogP contribution >= 0.6 is 23.2 Å². The van der Waals surface area contributed by atoms with Gasteiger partial charge in [-0.05, 0) is 12.1 Å². The Hall–Kier alpha value is -3.37. The molecule has 0 atom stereocenters. The van der Waals surface area contributed by atoms with Crippen LogP contribution < -0.4 is 20.9 Å². The molecular weight excluding hydrogens is 427 g/mol. The molecule has 2 heterocycles. The molecule has 150 valence electrons. The molecule has 0 saturated heterocycles. The maximum atomic E-state index is 12.1. The molecule has 29 heavy (non-hydrogen) atoms. The quantitative estimate of drug-likeness (QED) is 0.610. The number of amides is 2. The van der Waals surface area contributed by atoms with Crippen LogP contribution in [-0.2, 0) is 14.4 Å². The third-order valence-electron chi connectivity index (χ3n) is 3.66. The van der Waals surface area contributed by atoms with Crippen molar-refractivity contribution in [3.63, 3.8) is 0 Å². The lowest BCUT2D eigenvalue weighted by atomic mass is 10.2. The fourth-order valence-corrected chi connectivity index (χ4v) is 2.87. The molecule has 0 aliphatic carbocycles. The Morgan fingerprint density at radius 1 is 1.17 bits per heavy atom. The van der Waals surface area contributed by atoms with E-state index in [2.05, 4.69) is 25.6 Å². The van der Waals surface area contributed by atoms with Crippen molar-refractivity contribution in [2.45, 2.75) is 6.42 Å². The van der Waals surface area contributed by atoms with Crippen LogP contribution in [0.5, 0.6) is 11.5 Å². The lowest BCUT2D eigenvalue weighted by Crippen LogP contribution is -2.26. The molecule has 12 heteroatoms. The third kappa shape index (κ3) is 4.55. The summed E-state index contributed by atoms with van der Waals surface area (Å²) in [6, 6.07) is 3.96. The molecule has 2 amide bonds. The molecular formula is C17H12Cl2N4O6. The normalized spacial score (nSPS) is 12.8. The van der Waals surface area contributed by atoms with Gasteiger partial charge in [-0.3, -0.25) is 14.4 Å². The van der Waals surface area contributed by atoms with Crippen LogP contribution in [0.4, 0.5) is 5.69 Å². The van der Waals surface area contributed by atoms with Gasteiger partial charge in [0.05, 0.1) is 16.5 Å². The van der Waals surface area contributed by atoms with Crippen molar-refractivity contribution >= 4 is 52.4 Å². The zero-order chi connectivity index (χ0) is 21.1. The Morgan fingerprint density at radius 3 is 2.45 bits per heavy atom. The molecule has 1 aliphatic heterocycles. The molecule has 2 aromatic rings. The van der Waals surface area contributed by atoms with Gasteiger partial charge >= 0.3 is 5.97 Å². The van der Waals surface area contributed by atoms with Crippen LogP contribution in [-0.4, -0.2) is 35.5 Å². The van der Waals surface area contributed by atoms with Gasteiger partial charge in [-0.1, -0.05) is 28.4 Å². The summed E-state index contributed by atoms with van der Waals surface area (Å²) in [4.78, 5) is 53.3. The highest BCUT2D eigenvalue weighted by Crippen LogP contribution is 2.38. The fraction of sp³-hybridized carbons (Fsp3) is 0.118. The standard InChI is InChI=1S/C17H12Cl2N4O6/c1-20-15(25)9-4-8(6-21-16(9)26)28-14-10(18)2-7(3-11(14)19)22-17(27)12-5-13(24)29-23-12/h2-4,6H,5H2,1H3,(H,20,25)(H,21,26)(H,22,27). The number of aromatic amines is 1. The van der Waals surface area contributed by atoms with Gasteiger partial charge in [0.1, 0.15) is 11.3 Å². The Kier molecular flexibility index (Phi) is 5.85. The van der Waals surface area contributed by atoms with Gasteiger partial charge in [0, 0.05) is 25.0 Å². The van der Waals surface area contributed by atoms with Crippen molar-refractivity contribution in [2.24, 2.45) is 5.16 Å². The number of oxime groups is 1. The number of hydrogen-bond donors (Lipinski definition) is 3. The van der Waals surface area contributed by atoms with E-state index in [1.165, 1.54) is 31.4 Å². The summed E-state index contributed by atoms with van der Waals surface area (Å²) >= 11 is 12.4. The van der Waals surface area contributed by atoms with Crippen LogP contribution in [0.25, 0.3) is 0 Å². The molecule has 3 rings (SSSR count). The molecule has 0 fully saturated rings. The van der Waals surface area contributed by atoms with Crippen molar-refractivity contribution in [1.82, 2.24) is 10.3 Å². The number of benzene rings is 1. The number of hydrogen-bond acceptors (Lipinski definition) is 7. The summed E-state index contributed by atoms with van der Waals surface area (Å²) < 4.78 is 5.59. The highest BCUT2D eigenvalue weighted by molar-refractivity contribution is 6.46. The zero-order valence-electron chi connectivity index (χ0n) is 14.7. The van der Waals surface area contributed by atoms with Crippen molar-refractivity contribution in [3.05, 3.63) is 50.4 Å². The SMILES string of the molecule is CNC(=O)c1cc(Oc2c(Cl)cc(NC(=O)C3=NOC(=O)C3)cc2Cl)c[nH]c1=O. The maximum absolute atomic E-state index is 12.1. The lowest BCUT2D eigenvalue weighted by molar-refractivity contribution is -0.140. The van der Waals surface area contributed by atoms with Crippen LogP contribution in [0, 0.1) is 0 Å². The second kappa shape index (κ2) is 8.33. The summed E-state index contributed by atoms with van der Waals surface area (Å²) in [7, 11) is 1.38. The van der Waals surface area contributed by atoms with Crippen molar-refractivity contribution in [3.8, 4) is 11.5 Å². The second-order valence-electron chi connectivity index (χ2n) is 5.66. The average Bonchev–Trinajstić information content (AvgIpc) is 3.12. The van der Waals surface area contributed by atoms with Gasteiger partial charge < -0.3 is 25.2 Å². The predicted octanol–water partition coefficient (Wildman–Crippen LogP) is 2.07. The number of H-pyrrole nitrogens is 1. The number of rotatable bonds is 5. The predicted molar refractivity (Wildman–Crippen MR) is 104 cm³/mol. The van der Waals surface area contributed by atoms with Crippen molar-refractivity contribution in [2.75, 3.05) is 12.4 Å². The number of anilines is 1. The number of nitrogens with zero attached hydrogens (tertiary/aromatic N) is 1. The highest BCUT2D eigenvalue weighted by atomic mass is 35.5. The fourth-order valence-electron chi connectivity index (χ4n) is 2.31. The van der Waals surface area contributed by atoms with Crippen LogP contribution in [0.3, 0.4) is 0 Å². The van der Waals surface area contributed by atoms with Gasteiger partial charge in [-0.15, -0.1) is 0 Å². The largest absolute Gasteiger partial charge is 0.453 e. The van der Waals surface area contributed by atoms with Gasteiger partial charge in [0.2, 0.25) is 0 Å². The van der Waals surface area contributed by atoms with E-state index in [-0.39, 0.29) is 44.9 Å². The van der Waals surface area contributed by atoms with E-state index in [0.29, 0.717) is 0 Å². The van der Waals surface area contributed by atoms with Crippen molar-refractivity contribution in [1.29, 1.82) is 0 Å². The number of ether oxygens (including phenoxy) is 1. The van der Waals surface area contributed by atoms with E-state index in [1.54, 1.807) is 0 Å². The molecule has 0 spiro atoms. The Morgan fingerprint density at radius 2 is 1.86 bits per heavy atom. The lowest BCUT2D eigenvalue weighted by Gasteiger charge is -2.12. The van der Waals surface area contributed by atoms with Crippen LogP contribution in [0.1, 0.15) is 16.8 Å². The first-order chi connectivity index (χ1) is 13.8. The molecule has 1 aliphatic rings. The number of carbonyl (C=O) groups excluding carboxylic acids is 3. The van der Waals surface area contributed by atoms with Gasteiger partial charge in [-0.25, -0.2) is 4.79 Å². The number of carbonyl (C=O) groups is 3. The monoisotopic (exact) mass is 438 g/mol. The molecule has 10 nitrogen and oxygen atoms in total. The summed E-state index contributed by atoms with van der Waals surface area (Å²) in [5.41, 5.74) is -0.607. The second-order valence-corrected chi connectivity index (χ2v) is 6.47. The molecule has 0 radical (unpaired) electrons. The van der Waals surface area contributed by atoms with Crippen LogP contribution in [0.2, 0.25) is 10.0 Å². The Balaban J connectivity index is 1.81. The summed E-state index contributed by atoms with van der Waals surface area (Å²) in [6.45, 7) is 0. The topological polar surface area (TPSA) is 139 Å². The molecule has 0 bridgehead atoms. The van der Waals surface area contributed by atoms with Crippen molar-refractivity contribution < 1.29 is 24.0 Å². The first-order valence-corrected chi connectivity index (χ1v) is 8.74. The molecule has 3 N–H and O–H groups in total. The summed E-state index contributed by atoms with van der Waals surface area (Å²) in [5.74, 6) is -1.72. The number of nitrogens with one attached hydrogen (secondary N) is 3. The number of pyridine rings is 1. The minimum absolute atomic E-state index is 0.0398. The van der Waals surface area contributed by atoms with E-state index < -0.39 is 23.3 Å². The summed E-state index contributed by atoms with van der Waals surface area (Å²) in [5, 5.41) is 8.29. The molecule has 0 unspecified atom stereocenters. The first-order valence-electron chi connectivity index (χ1n) is 7.98. The minimum atomic E-state index is -0.646. The summed E-state index contributed by atoms with van der Waals surface area (Å²) in [6.07, 6.45) is 1.00. The van der Waals surface area contributed by atoms with E-state index in [1.807, 2.05) is 0 Å². The Labute approximate surface area is 172 Å². The molecule has 1 aromatic heterocycles. The van der Waals surface area contributed by atoms with Crippen LogP contribution in [0.15, 0.2) is 34.3 Å². The average molecular weight is 439 g/mol. The van der Waals surface area contributed by atoms with E-state index >= 15 is 0 Å².